The van der Waals surface area contributed by atoms with E-state index >= 15 is 0 Å². The Bertz CT molecular complexity index is 850. The minimum absolute atomic E-state index is 0.0906. The van der Waals surface area contributed by atoms with Crippen molar-refractivity contribution >= 4 is 0 Å². The van der Waals surface area contributed by atoms with E-state index in [1.165, 1.54) is 0 Å². The van der Waals surface area contributed by atoms with E-state index in [0.29, 0.717) is 24.2 Å². The number of hydrogen-bond acceptors (Lipinski definition) is 3. The second-order valence-corrected chi connectivity index (χ2v) is 5.23. The molecule has 23 heavy (non-hydrogen) atoms. The number of rotatable bonds is 1. The standard InChI is InChI=1S/C16H11F3N2O2/c17-16(18,19)15-11(3-6-14(22)21-15)13-5-2-10-7-9(8-20)1-4-12(10)23-13/h1,3-4,6-7,13H,2,5H2,(H,21,22). The average molecular weight is 320 g/mol. The van der Waals surface area contributed by atoms with Crippen molar-refractivity contribution in [1.82, 2.24) is 4.98 Å². The second kappa shape index (κ2) is 5.47. The lowest BCUT2D eigenvalue weighted by molar-refractivity contribution is -0.142. The van der Waals surface area contributed by atoms with Crippen molar-refractivity contribution < 1.29 is 17.9 Å². The van der Waals surface area contributed by atoms with Gasteiger partial charge in [-0.05, 0) is 42.7 Å². The van der Waals surface area contributed by atoms with Crippen LogP contribution in [0, 0.1) is 11.3 Å². The smallest absolute Gasteiger partial charge is 0.431 e. The highest BCUT2D eigenvalue weighted by Crippen LogP contribution is 2.39. The summed E-state index contributed by atoms with van der Waals surface area (Å²) >= 11 is 0. The molecule has 1 N–H and O–H groups in total. The molecule has 2 aromatic rings. The lowest BCUT2D eigenvalue weighted by atomic mass is 9.95. The van der Waals surface area contributed by atoms with Gasteiger partial charge in [-0.15, -0.1) is 0 Å². The Hall–Kier alpha value is -2.75. The van der Waals surface area contributed by atoms with Gasteiger partial charge in [0.05, 0.1) is 11.6 Å². The number of pyridine rings is 1. The van der Waals surface area contributed by atoms with Crippen LogP contribution < -0.4 is 10.3 Å². The van der Waals surface area contributed by atoms with Gasteiger partial charge in [0.1, 0.15) is 17.5 Å². The molecule has 0 bridgehead atoms. The van der Waals surface area contributed by atoms with Crippen molar-refractivity contribution in [2.75, 3.05) is 0 Å². The van der Waals surface area contributed by atoms with Gasteiger partial charge in [0.15, 0.2) is 0 Å². The van der Waals surface area contributed by atoms with Crippen LogP contribution in [-0.4, -0.2) is 4.98 Å². The fraction of sp³-hybridized carbons (Fsp3) is 0.250. The maximum atomic E-state index is 13.1. The molecule has 0 saturated heterocycles. The molecule has 1 aliphatic rings. The fourth-order valence-corrected chi connectivity index (χ4v) is 2.67. The average Bonchev–Trinajstić information content (AvgIpc) is 2.53. The van der Waals surface area contributed by atoms with Gasteiger partial charge < -0.3 is 9.72 Å². The minimum Gasteiger partial charge on any atom is -0.485 e. The molecular formula is C16H11F3N2O2. The quantitative estimate of drug-likeness (QED) is 0.876. The number of halogens is 3. The first-order chi connectivity index (χ1) is 10.9. The summed E-state index contributed by atoms with van der Waals surface area (Å²) in [5, 5.41) is 8.87. The SMILES string of the molecule is N#Cc1ccc2c(c1)CCC(c1ccc(=O)[nH]c1C(F)(F)F)O2. The Labute approximate surface area is 129 Å². The van der Waals surface area contributed by atoms with Crippen LogP contribution >= 0.6 is 0 Å². The maximum Gasteiger partial charge on any atom is 0.431 e. The maximum absolute atomic E-state index is 13.1. The second-order valence-electron chi connectivity index (χ2n) is 5.23. The molecule has 1 aromatic heterocycles. The first-order valence-corrected chi connectivity index (χ1v) is 6.88. The molecule has 1 unspecified atom stereocenters. The van der Waals surface area contributed by atoms with Crippen LogP contribution in [0.2, 0.25) is 0 Å². The molecule has 0 amide bonds. The van der Waals surface area contributed by atoms with Gasteiger partial charge in [-0.25, -0.2) is 0 Å². The topological polar surface area (TPSA) is 65.9 Å². The van der Waals surface area contributed by atoms with E-state index in [1.54, 1.807) is 18.2 Å². The lowest BCUT2D eigenvalue weighted by Gasteiger charge is -2.28. The fourth-order valence-electron chi connectivity index (χ4n) is 2.67. The molecule has 0 radical (unpaired) electrons. The van der Waals surface area contributed by atoms with Gasteiger partial charge in [0.25, 0.3) is 0 Å². The Balaban J connectivity index is 1.99. The number of aryl methyl sites for hydroxylation is 1. The molecule has 1 aromatic carbocycles. The Kier molecular flexibility index (Phi) is 3.60. The highest BCUT2D eigenvalue weighted by Gasteiger charge is 2.38. The molecule has 3 rings (SSSR count). The van der Waals surface area contributed by atoms with Crippen molar-refractivity contribution in [2.45, 2.75) is 25.1 Å². The Morgan fingerprint density at radius 3 is 2.74 bits per heavy atom. The van der Waals surface area contributed by atoms with Crippen LogP contribution in [0.1, 0.15) is 34.9 Å². The molecule has 118 valence electrons. The molecule has 2 heterocycles. The zero-order valence-corrected chi connectivity index (χ0v) is 11.8. The number of benzene rings is 1. The summed E-state index contributed by atoms with van der Waals surface area (Å²) in [6, 6.07) is 9.03. The van der Waals surface area contributed by atoms with Crippen LogP contribution in [0.3, 0.4) is 0 Å². The summed E-state index contributed by atoms with van der Waals surface area (Å²) in [6.45, 7) is 0. The van der Waals surface area contributed by atoms with Gasteiger partial charge in [0, 0.05) is 11.6 Å². The highest BCUT2D eigenvalue weighted by molar-refractivity contribution is 5.44. The third kappa shape index (κ3) is 2.93. The van der Waals surface area contributed by atoms with Gasteiger partial charge >= 0.3 is 6.18 Å². The first kappa shape index (κ1) is 15.2. The third-order valence-electron chi connectivity index (χ3n) is 3.72. The third-order valence-corrected chi connectivity index (χ3v) is 3.72. The molecule has 0 saturated carbocycles. The van der Waals surface area contributed by atoms with Gasteiger partial charge in [0.2, 0.25) is 5.56 Å². The van der Waals surface area contributed by atoms with Crippen molar-refractivity contribution in [3.63, 3.8) is 0 Å². The summed E-state index contributed by atoms with van der Waals surface area (Å²) in [5.41, 5.74) is -0.709. The van der Waals surface area contributed by atoms with Crippen molar-refractivity contribution in [3.05, 3.63) is 63.1 Å². The molecule has 4 nitrogen and oxygen atoms in total. The zero-order chi connectivity index (χ0) is 16.6. The van der Waals surface area contributed by atoms with Crippen LogP contribution in [-0.2, 0) is 12.6 Å². The van der Waals surface area contributed by atoms with Gasteiger partial charge in [-0.1, -0.05) is 0 Å². The van der Waals surface area contributed by atoms with E-state index in [1.807, 2.05) is 11.1 Å². The molecule has 1 aliphatic heterocycles. The van der Waals surface area contributed by atoms with Gasteiger partial charge in [-0.3, -0.25) is 4.79 Å². The van der Waals surface area contributed by atoms with E-state index < -0.39 is 23.5 Å². The van der Waals surface area contributed by atoms with Crippen molar-refractivity contribution in [2.24, 2.45) is 0 Å². The number of nitriles is 1. The largest absolute Gasteiger partial charge is 0.485 e. The summed E-state index contributed by atoms with van der Waals surface area (Å²) in [4.78, 5) is 13.1. The molecular weight excluding hydrogens is 309 g/mol. The number of aromatic nitrogens is 1. The number of aromatic amines is 1. The highest BCUT2D eigenvalue weighted by atomic mass is 19.4. The van der Waals surface area contributed by atoms with E-state index in [-0.39, 0.29) is 5.56 Å². The van der Waals surface area contributed by atoms with Crippen molar-refractivity contribution in [1.29, 1.82) is 5.26 Å². The van der Waals surface area contributed by atoms with Crippen molar-refractivity contribution in [3.8, 4) is 11.8 Å². The normalized spacial score (nSPS) is 17.0. The first-order valence-electron chi connectivity index (χ1n) is 6.88. The summed E-state index contributed by atoms with van der Waals surface area (Å²) < 4.78 is 45.0. The Morgan fingerprint density at radius 2 is 2.04 bits per heavy atom. The number of hydrogen-bond donors (Lipinski definition) is 1. The molecule has 7 heteroatoms. The summed E-state index contributed by atoms with van der Waals surface area (Å²) in [7, 11) is 0. The van der Waals surface area contributed by atoms with Crippen LogP contribution in [0.15, 0.2) is 35.1 Å². The molecule has 0 aliphatic carbocycles. The zero-order valence-electron chi connectivity index (χ0n) is 11.8. The summed E-state index contributed by atoms with van der Waals surface area (Å²) in [5.74, 6) is 0.458. The Morgan fingerprint density at radius 1 is 1.26 bits per heavy atom. The van der Waals surface area contributed by atoms with E-state index in [0.717, 1.165) is 17.7 Å². The minimum atomic E-state index is -4.66. The number of alkyl halides is 3. The lowest BCUT2D eigenvalue weighted by Crippen LogP contribution is -2.24. The number of nitrogens with zero attached hydrogens (tertiary/aromatic N) is 1. The van der Waals surface area contributed by atoms with Gasteiger partial charge in [-0.2, -0.15) is 18.4 Å². The predicted molar refractivity (Wildman–Crippen MR) is 74.9 cm³/mol. The molecule has 0 spiro atoms. The van der Waals surface area contributed by atoms with Crippen LogP contribution in [0.4, 0.5) is 13.2 Å². The number of ether oxygens (including phenoxy) is 1. The molecule has 0 fully saturated rings. The van der Waals surface area contributed by atoms with E-state index in [9.17, 15) is 18.0 Å². The molecule has 1 atom stereocenters. The van der Waals surface area contributed by atoms with E-state index in [4.69, 9.17) is 10.00 Å². The number of fused-ring (bicyclic) bond motifs is 1. The number of H-pyrrole nitrogens is 1. The summed E-state index contributed by atoms with van der Waals surface area (Å²) in [6.07, 6.45) is -4.64. The van der Waals surface area contributed by atoms with Crippen LogP contribution in [0.5, 0.6) is 5.75 Å². The van der Waals surface area contributed by atoms with Crippen LogP contribution in [0.25, 0.3) is 0 Å². The van der Waals surface area contributed by atoms with E-state index in [2.05, 4.69) is 0 Å². The monoisotopic (exact) mass is 320 g/mol. The predicted octanol–water partition coefficient (Wildman–Crippen LogP) is 3.33. The number of nitrogens with one attached hydrogen (secondary N) is 1.